The summed E-state index contributed by atoms with van der Waals surface area (Å²) in [4.78, 5) is 4.29. The van der Waals surface area contributed by atoms with E-state index >= 15 is 0 Å². The number of nitrogens with zero attached hydrogens (tertiary/aromatic N) is 1. The van der Waals surface area contributed by atoms with Crippen molar-refractivity contribution in [2.75, 3.05) is 26.8 Å². The van der Waals surface area contributed by atoms with Crippen LogP contribution in [0.2, 0.25) is 5.02 Å². The zero-order valence-electron chi connectivity index (χ0n) is 13.5. The zero-order chi connectivity index (χ0) is 16.1. The van der Waals surface area contributed by atoms with Gasteiger partial charge in [0.15, 0.2) is 17.5 Å². The smallest absolute Gasteiger partial charge is 0.191 e. The minimum absolute atomic E-state index is 0.552. The third-order valence-electron chi connectivity index (χ3n) is 4.28. The minimum Gasteiger partial charge on any atom is -0.486 e. The Balaban J connectivity index is 1.52. The van der Waals surface area contributed by atoms with E-state index in [1.54, 1.807) is 0 Å². The molecule has 1 aliphatic heterocycles. The molecule has 1 saturated carbocycles. The van der Waals surface area contributed by atoms with Gasteiger partial charge >= 0.3 is 0 Å². The summed E-state index contributed by atoms with van der Waals surface area (Å²) in [5.74, 6) is 2.28. The van der Waals surface area contributed by atoms with Gasteiger partial charge in [-0.1, -0.05) is 24.4 Å². The molecule has 0 bridgehead atoms. The Kier molecular flexibility index (Phi) is 5.49. The van der Waals surface area contributed by atoms with Gasteiger partial charge in [-0.2, -0.15) is 0 Å². The Labute approximate surface area is 142 Å². The lowest BCUT2D eigenvalue weighted by Gasteiger charge is -2.20. The van der Waals surface area contributed by atoms with Gasteiger partial charge in [0.25, 0.3) is 0 Å². The van der Waals surface area contributed by atoms with Gasteiger partial charge in [0, 0.05) is 19.6 Å². The maximum atomic E-state index is 6.27. The first-order valence-corrected chi connectivity index (χ1v) is 8.69. The largest absolute Gasteiger partial charge is 0.486 e. The first-order valence-electron chi connectivity index (χ1n) is 8.31. The number of guanidine groups is 1. The average molecular weight is 338 g/mol. The highest BCUT2D eigenvalue weighted by Gasteiger charge is 2.17. The molecular formula is C17H24ClN3O2. The first kappa shape index (κ1) is 16.2. The summed E-state index contributed by atoms with van der Waals surface area (Å²) in [6.45, 7) is 1.92. The van der Waals surface area contributed by atoms with Crippen LogP contribution in [-0.2, 0) is 6.42 Å². The lowest BCUT2D eigenvalue weighted by atomic mass is 10.1. The summed E-state index contributed by atoms with van der Waals surface area (Å²) < 4.78 is 11.2. The van der Waals surface area contributed by atoms with Crippen LogP contribution >= 0.6 is 11.6 Å². The highest BCUT2D eigenvalue weighted by atomic mass is 35.5. The van der Waals surface area contributed by atoms with Gasteiger partial charge in [-0.3, -0.25) is 4.99 Å². The van der Waals surface area contributed by atoms with E-state index in [9.17, 15) is 0 Å². The average Bonchev–Trinajstić information content (AvgIpc) is 3.07. The van der Waals surface area contributed by atoms with Crippen molar-refractivity contribution in [3.8, 4) is 11.5 Å². The lowest BCUT2D eigenvalue weighted by molar-refractivity contribution is 0.171. The number of aliphatic imine (C=N–C) groups is 1. The van der Waals surface area contributed by atoms with Gasteiger partial charge in [0.2, 0.25) is 0 Å². The number of fused-ring (bicyclic) bond motifs is 1. The maximum absolute atomic E-state index is 6.27. The SMILES string of the molecule is CN=C(NCCc1cc(Cl)c2c(c1)OCCO2)NC1CCCC1. The second-order valence-corrected chi connectivity index (χ2v) is 6.38. The van der Waals surface area contributed by atoms with Crippen LogP contribution in [0.5, 0.6) is 11.5 Å². The molecule has 6 heteroatoms. The summed E-state index contributed by atoms with van der Waals surface area (Å²) in [6, 6.07) is 4.52. The molecule has 0 unspecified atom stereocenters. The van der Waals surface area contributed by atoms with Crippen molar-refractivity contribution >= 4 is 17.6 Å². The molecule has 1 aromatic carbocycles. The summed E-state index contributed by atoms with van der Waals surface area (Å²) in [5.41, 5.74) is 1.13. The van der Waals surface area contributed by atoms with Crippen LogP contribution in [-0.4, -0.2) is 38.8 Å². The summed E-state index contributed by atoms with van der Waals surface area (Å²) in [6.07, 6.45) is 5.94. The second kappa shape index (κ2) is 7.77. The molecule has 23 heavy (non-hydrogen) atoms. The van der Waals surface area contributed by atoms with Gasteiger partial charge in [0.1, 0.15) is 13.2 Å². The van der Waals surface area contributed by atoms with E-state index in [4.69, 9.17) is 21.1 Å². The highest BCUT2D eigenvalue weighted by Crippen LogP contribution is 2.38. The van der Waals surface area contributed by atoms with Crippen LogP contribution in [0.4, 0.5) is 0 Å². The zero-order valence-corrected chi connectivity index (χ0v) is 14.3. The quantitative estimate of drug-likeness (QED) is 0.655. The van der Waals surface area contributed by atoms with Gasteiger partial charge in [-0.15, -0.1) is 0 Å². The second-order valence-electron chi connectivity index (χ2n) is 5.98. The standard InChI is InChI=1S/C17H24ClN3O2/c1-19-17(21-13-4-2-3-5-13)20-7-6-12-10-14(18)16-15(11-12)22-8-9-23-16/h10-11,13H,2-9H2,1H3,(H2,19,20,21). The van der Waals surface area contributed by atoms with Crippen molar-refractivity contribution in [1.29, 1.82) is 0 Å². The Bertz CT molecular complexity index is 571. The fraction of sp³-hybridized carbons (Fsp3) is 0.588. The van der Waals surface area contributed by atoms with Crippen molar-refractivity contribution < 1.29 is 9.47 Å². The van der Waals surface area contributed by atoms with Crippen LogP contribution < -0.4 is 20.1 Å². The maximum Gasteiger partial charge on any atom is 0.191 e. The van der Waals surface area contributed by atoms with Crippen LogP contribution in [0.25, 0.3) is 0 Å². The van der Waals surface area contributed by atoms with Gasteiger partial charge < -0.3 is 20.1 Å². The molecular weight excluding hydrogens is 314 g/mol. The first-order chi connectivity index (χ1) is 11.3. The predicted molar refractivity (Wildman–Crippen MR) is 92.9 cm³/mol. The normalized spacial score (nSPS) is 18.1. The molecule has 5 nitrogen and oxygen atoms in total. The fourth-order valence-corrected chi connectivity index (χ4v) is 3.38. The van der Waals surface area contributed by atoms with Gasteiger partial charge in [0.05, 0.1) is 5.02 Å². The van der Waals surface area contributed by atoms with E-state index < -0.39 is 0 Å². The number of benzene rings is 1. The van der Waals surface area contributed by atoms with Crippen molar-refractivity contribution in [1.82, 2.24) is 10.6 Å². The van der Waals surface area contributed by atoms with E-state index in [-0.39, 0.29) is 0 Å². The van der Waals surface area contributed by atoms with Crippen LogP contribution in [0.1, 0.15) is 31.2 Å². The Morgan fingerprint density at radius 3 is 2.83 bits per heavy atom. The van der Waals surface area contributed by atoms with Crippen molar-refractivity contribution in [3.05, 3.63) is 22.7 Å². The Morgan fingerprint density at radius 2 is 2.04 bits per heavy atom. The molecule has 1 aliphatic carbocycles. The molecule has 0 spiro atoms. The molecule has 126 valence electrons. The predicted octanol–water partition coefficient (Wildman–Crippen LogP) is 2.76. The topological polar surface area (TPSA) is 54.9 Å². The molecule has 0 aromatic heterocycles. The van der Waals surface area contributed by atoms with E-state index in [1.807, 2.05) is 19.2 Å². The molecule has 0 atom stereocenters. The third kappa shape index (κ3) is 4.22. The van der Waals surface area contributed by atoms with E-state index in [2.05, 4.69) is 15.6 Å². The molecule has 1 fully saturated rings. The van der Waals surface area contributed by atoms with Crippen molar-refractivity contribution in [3.63, 3.8) is 0 Å². The van der Waals surface area contributed by atoms with Crippen molar-refractivity contribution in [2.24, 2.45) is 4.99 Å². The van der Waals surface area contributed by atoms with Gasteiger partial charge in [-0.25, -0.2) is 0 Å². The van der Waals surface area contributed by atoms with E-state index in [0.717, 1.165) is 30.2 Å². The Morgan fingerprint density at radius 1 is 1.26 bits per heavy atom. The number of hydrogen-bond donors (Lipinski definition) is 2. The van der Waals surface area contributed by atoms with E-state index in [0.29, 0.717) is 30.0 Å². The van der Waals surface area contributed by atoms with E-state index in [1.165, 1.54) is 25.7 Å². The molecule has 0 amide bonds. The molecule has 0 saturated heterocycles. The highest BCUT2D eigenvalue weighted by molar-refractivity contribution is 6.32. The summed E-state index contributed by atoms with van der Waals surface area (Å²) in [7, 11) is 1.81. The number of rotatable bonds is 4. The van der Waals surface area contributed by atoms with Crippen LogP contribution in [0, 0.1) is 0 Å². The van der Waals surface area contributed by atoms with Gasteiger partial charge in [-0.05, 0) is 37.0 Å². The monoisotopic (exact) mass is 337 g/mol. The minimum atomic E-state index is 0.552. The summed E-state index contributed by atoms with van der Waals surface area (Å²) in [5, 5.41) is 7.47. The molecule has 3 rings (SSSR count). The number of nitrogens with one attached hydrogen (secondary N) is 2. The summed E-state index contributed by atoms with van der Waals surface area (Å²) >= 11 is 6.27. The van der Waals surface area contributed by atoms with Crippen LogP contribution in [0.15, 0.2) is 17.1 Å². The molecule has 1 heterocycles. The number of ether oxygens (including phenoxy) is 2. The molecule has 1 aromatic rings. The van der Waals surface area contributed by atoms with Crippen LogP contribution in [0.3, 0.4) is 0 Å². The number of hydrogen-bond acceptors (Lipinski definition) is 3. The van der Waals surface area contributed by atoms with Crippen molar-refractivity contribution in [2.45, 2.75) is 38.1 Å². The lowest BCUT2D eigenvalue weighted by Crippen LogP contribution is -2.43. The molecule has 0 radical (unpaired) electrons. The fourth-order valence-electron chi connectivity index (χ4n) is 3.09. The Hall–Kier alpha value is -1.62. The molecule has 2 aliphatic rings. The third-order valence-corrected chi connectivity index (χ3v) is 4.56. The number of halogens is 1. The molecule has 2 N–H and O–H groups in total.